The lowest BCUT2D eigenvalue weighted by molar-refractivity contribution is -0.118. The number of hydrogen-bond donors (Lipinski definition) is 1. The largest absolute Gasteiger partial charge is 0.493 e. The van der Waals surface area contributed by atoms with Crippen LogP contribution in [0.5, 0.6) is 11.5 Å². The quantitative estimate of drug-likeness (QED) is 0.401. The Morgan fingerprint density at radius 3 is 2.49 bits per heavy atom. The van der Waals surface area contributed by atoms with Gasteiger partial charge in [-0.3, -0.25) is 9.59 Å². The van der Waals surface area contributed by atoms with Crippen LogP contribution in [0.1, 0.15) is 18.1 Å². The van der Waals surface area contributed by atoms with E-state index in [1.54, 1.807) is 25.1 Å². The number of carbonyl (C=O) groups excluding carboxylic acids is 2. The van der Waals surface area contributed by atoms with E-state index in [2.05, 4.69) is 26.3 Å². The number of hydrogen-bond acceptors (Lipinski definition) is 5. The van der Waals surface area contributed by atoms with Gasteiger partial charge in [-0.15, -0.1) is 0 Å². The molecule has 0 radical (unpaired) electrons. The Labute approximate surface area is 212 Å². The number of nitrogens with zero attached hydrogens (tertiary/aromatic N) is 2. The van der Waals surface area contributed by atoms with E-state index in [1.165, 1.54) is 12.1 Å². The van der Waals surface area contributed by atoms with E-state index < -0.39 is 0 Å². The molecule has 0 aliphatic carbocycles. The number of para-hydroxylation sites is 1. The van der Waals surface area contributed by atoms with Crippen LogP contribution < -0.4 is 19.8 Å². The van der Waals surface area contributed by atoms with Crippen molar-refractivity contribution in [3.8, 4) is 11.5 Å². The third kappa shape index (κ3) is 5.60. The molecular weight excluding hydrogens is 510 g/mol. The van der Waals surface area contributed by atoms with Gasteiger partial charge >= 0.3 is 0 Å². The molecule has 1 aliphatic heterocycles. The summed E-state index contributed by atoms with van der Waals surface area (Å²) in [7, 11) is 1.52. The van der Waals surface area contributed by atoms with Crippen molar-refractivity contribution in [2.45, 2.75) is 13.8 Å². The fourth-order valence-electron chi connectivity index (χ4n) is 3.53. The number of carbonyl (C=O) groups is 2. The molecule has 178 valence electrons. The van der Waals surface area contributed by atoms with Crippen molar-refractivity contribution in [1.82, 2.24) is 0 Å². The van der Waals surface area contributed by atoms with E-state index in [0.717, 1.165) is 11.1 Å². The molecule has 8 heteroatoms. The molecule has 0 saturated carbocycles. The minimum Gasteiger partial charge on any atom is -0.493 e. The van der Waals surface area contributed by atoms with Gasteiger partial charge in [-0.05, 0) is 77.8 Å². The van der Waals surface area contributed by atoms with Crippen LogP contribution >= 0.6 is 15.9 Å². The Morgan fingerprint density at radius 1 is 1.09 bits per heavy atom. The summed E-state index contributed by atoms with van der Waals surface area (Å²) in [5.41, 5.74) is 4.32. The number of benzene rings is 3. The predicted octanol–water partition coefficient (Wildman–Crippen LogP) is 5.59. The molecular formula is C27H24BrN3O4. The Morgan fingerprint density at radius 2 is 1.80 bits per heavy atom. The summed E-state index contributed by atoms with van der Waals surface area (Å²) in [5, 5.41) is 8.59. The first-order valence-corrected chi connectivity index (χ1v) is 11.7. The van der Waals surface area contributed by atoms with Crippen LogP contribution in [0.3, 0.4) is 0 Å². The fourth-order valence-corrected chi connectivity index (χ4v) is 4.10. The first-order valence-electron chi connectivity index (χ1n) is 10.9. The smallest absolute Gasteiger partial charge is 0.280 e. The predicted molar refractivity (Wildman–Crippen MR) is 141 cm³/mol. The standard InChI is InChI=1S/C27H24BrN3O4/c1-17-9-11-20(12-10-17)29-25(32)16-35-26-23(28)14-19(15-24(26)34-3)13-22-18(2)30-31(27(22)33)21-7-5-4-6-8-21/h4-15H,16H2,1-3H3,(H,29,32)/b22-13+. The van der Waals surface area contributed by atoms with Crippen LogP contribution in [-0.4, -0.2) is 31.2 Å². The second-order valence-corrected chi connectivity index (χ2v) is 8.79. The van der Waals surface area contributed by atoms with Gasteiger partial charge < -0.3 is 14.8 Å². The third-order valence-corrected chi connectivity index (χ3v) is 5.90. The number of methoxy groups -OCH3 is 1. The molecule has 2 amide bonds. The number of anilines is 2. The van der Waals surface area contributed by atoms with Crippen molar-refractivity contribution in [2.75, 3.05) is 24.0 Å². The maximum Gasteiger partial charge on any atom is 0.280 e. The zero-order valence-corrected chi connectivity index (χ0v) is 21.1. The molecule has 0 bridgehead atoms. The number of hydrazone groups is 1. The van der Waals surface area contributed by atoms with E-state index in [4.69, 9.17) is 9.47 Å². The number of amides is 2. The molecule has 4 rings (SSSR count). The van der Waals surface area contributed by atoms with Gasteiger partial charge in [-0.1, -0.05) is 35.9 Å². The molecule has 1 aliphatic rings. The number of halogens is 1. The Balaban J connectivity index is 1.50. The van der Waals surface area contributed by atoms with Crippen LogP contribution in [0.4, 0.5) is 11.4 Å². The average molecular weight is 534 g/mol. The maximum absolute atomic E-state index is 13.0. The second-order valence-electron chi connectivity index (χ2n) is 7.93. The molecule has 0 fully saturated rings. The normalized spacial score (nSPS) is 14.2. The lowest BCUT2D eigenvalue weighted by Crippen LogP contribution is -2.21. The molecule has 1 N–H and O–H groups in total. The summed E-state index contributed by atoms with van der Waals surface area (Å²) in [6.07, 6.45) is 1.76. The lowest BCUT2D eigenvalue weighted by Gasteiger charge is -2.14. The fraction of sp³-hybridized carbons (Fsp3) is 0.148. The van der Waals surface area contributed by atoms with Gasteiger partial charge in [0.05, 0.1) is 28.6 Å². The minimum absolute atomic E-state index is 0.195. The van der Waals surface area contributed by atoms with Gasteiger partial charge in [-0.25, -0.2) is 0 Å². The first kappa shape index (κ1) is 24.2. The summed E-state index contributed by atoms with van der Waals surface area (Å²) in [5.74, 6) is 0.312. The third-order valence-electron chi connectivity index (χ3n) is 5.31. The summed E-state index contributed by atoms with van der Waals surface area (Å²) in [6.45, 7) is 3.58. The summed E-state index contributed by atoms with van der Waals surface area (Å²) >= 11 is 3.50. The van der Waals surface area contributed by atoms with E-state index in [0.29, 0.717) is 38.6 Å². The van der Waals surface area contributed by atoms with Crippen LogP contribution in [0, 0.1) is 6.92 Å². The van der Waals surface area contributed by atoms with Crippen molar-refractivity contribution in [3.63, 3.8) is 0 Å². The van der Waals surface area contributed by atoms with Crippen molar-refractivity contribution in [2.24, 2.45) is 5.10 Å². The molecule has 0 saturated heterocycles. The summed E-state index contributed by atoms with van der Waals surface area (Å²) in [6, 6.07) is 20.3. The van der Waals surface area contributed by atoms with Gasteiger partial charge in [0, 0.05) is 5.69 Å². The first-order chi connectivity index (χ1) is 16.9. The van der Waals surface area contributed by atoms with Crippen molar-refractivity contribution < 1.29 is 19.1 Å². The molecule has 1 heterocycles. The minimum atomic E-state index is -0.293. The van der Waals surface area contributed by atoms with Crippen molar-refractivity contribution >= 4 is 50.9 Å². The SMILES string of the molecule is COc1cc(/C=C2/C(=O)N(c3ccccc3)N=C2C)cc(Br)c1OCC(=O)Nc1ccc(C)cc1. The van der Waals surface area contributed by atoms with Crippen LogP contribution in [0.25, 0.3) is 6.08 Å². The molecule has 7 nitrogen and oxygen atoms in total. The number of rotatable bonds is 7. The van der Waals surface area contributed by atoms with Gasteiger partial charge in [0.15, 0.2) is 18.1 Å². The molecule has 0 spiro atoms. The number of aryl methyl sites for hydroxylation is 1. The highest BCUT2D eigenvalue weighted by atomic mass is 79.9. The average Bonchev–Trinajstić information content (AvgIpc) is 3.13. The Hall–Kier alpha value is -3.91. The molecule has 0 unspecified atom stereocenters. The maximum atomic E-state index is 13.0. The topological polar surface area (TPSA) is 80.2 Å². The van der Waals surface area contributed by atoms with E-state index in [-0.39, 0.29) is 18.4 Å². The monoisotopic (exact) mass is 533 g/mol. The van der Waals surface area contributed by atoms with E-state index in [9.17, 15) is 9.59 Å². The number of ether oxygens (including phenoxy) is 2. The second kappa shape index (κ2) is 10.6. The zero-order chi connectivity index (χ0) is 24.9. The summed E-state index contributed by atoms with van der Waals surface area (Å²) < 4.78 is 11.8. The molecule has 3 aromatic carbocycles. The molecule has 3 aromatic rings. The number of nitrogens with one attached hydrogen (secondary N) is 1. The lowest BCUT2D eigenvalue weighted by atomic mass is 10.1. The highest BCUT2D eigenvalue weighted by Crippen LogP contribution is 2.38. The highest BCUT2D eigenvalue weighted by Gasteiger charge is 2.28. The van der Waals surface area contributed by atoms with Gasteiger partial charge in [0.2, 0.25) is 0 Å². The van der Waals surface area contributed by atoms with E-state index >= 15 is 0 Å². The van der Waals surface area contributed by atoms with Crippen LogP contribution in [0.15, 0.2) is 81.9 Å². The molecule has 0 aromatic heterocycles. The summed E-state index contributed by atoms with van der Waals surface area (Å²) in [4.78, 5) is 25.3. The van der Waals surface area contributed by atoms with Gasteiger partial charge in [0.1, 0.15) is 0 Å². The van der Waals surface area contributed by atoms with Crippen molar-refractivity contribution in [3.05, 3.63) is 87.9 Å². The van der Waals surface area contributed by atoms with E-state index in [1.807, 2.05) is 61.5 Å². The molecule has 35 heavy (non-hydrogen) atoms. The zero-order valence-electron chi connectivity index (χ0n) is 19.5. The van der Waals surface area contributed by atoms with Crippen LogP contribution in [-0.2, 0) is 9.59 Å². The van der Waals surface area contributed by atoms with Gasteiger partial charge in [-0.2, -0.15) is 10.1 Å². The van der Waals surface area contributed by atoms with Crippen LogP contribution in [0.2, 0.25) is 0 Å². The Kier molecular flexibility index (Phi) is 7.31. The molecule has 0 atom stereocenters. The van der Waals surface area contributed by atoms with Gasteiger partial charge in [0.25, 0.3) is 11.8 Å². The van der Waals surface area contributed by atoms with Crippen molar-refractivity contribution in [1.29, 1.82) is 0 Å². The Bertz CT molecular complexity index is 1320. The highest BCUT2D eigenvalue weighted by molar-refractivity contribution is 9.10.